The van der Waals surface area contributed by atoms with E-state index in [1.807, 2.05) is 42.5 Å². The van der Waals surface area contributed by atoms with Crippen LogP contribution in [0, 0.1) is 0 Å². The van der Waals surface area contributed by atoms with Gasteiger partial charge in [-0.2, -0.15) is 0 Å². The summed E-state index contributed by atoms with van der Waals surface area (Å²) in [5, 5.41) is 3.06. The predicted octanol–water partition coefficient (Wildman–Crippen LogP) is 4.15. The van der Waals surface area contributed by atoms with Gasteiger partial charge in [-0.1, -0.05) is 22.0 Å². The van der Waals surface area contributed by atoms with E-state index in [2.05, 4.69) is 21.2 Å². The number of ether oxygens (including phenoxy) is 3. The Bertz CT molecular complexity index is 770. The summed E-state index contributed by atoms with van der Waals surface area (Å²) in [5.74, 6) is 1.23. The molecule has 0 saturated carbocycles. The number of benzene rings is 2. The van der Waals surface area contributed by atoms with E-state index in [0.29, 0.717) is 37.6 Å². The van der Waals surface area contributed by atoms with E-state index >= 15 is 0 Å². The third-order valence-corrected chi connectivity index (χ3v) is 5.35. The largest absolute Gasteiger partial charge is 0.493 e. The molecule has 0 radical (unpaired) electrons. The second kappa shape index (κ2) is 8.10. The Balaban J connectivity index is 1.95. The van der Waals surface area contributed by atoms with E-state index in [-0.39, 0.29) is 5.91 Å². The highest BCUT2D eigenvalue weighted by Gasteiger charge is 2.42. The van der Waals surface area contributed by atoms with Crippen LogP contribution in [-0.4, -0.2) is 33.3 Å². The van der Waals surface area contributed by atoms with Crippen LogP contribution >= 0.6 is 15.9 Å². The van der Waals surface area contributed by atoms with Gasteiger partial charge in [0.15, 0.2) is 11.5 Å². The Morgan fingerprint density at radius 1 is 1.04 bits per heavy atom. The first kappa shape index (κ1) is 18.7. The van der Waals surface area contributed by atoms with Crippen molar-refractivity contribution in [3.63, 3.8) is 0 Å². The minimum Gasteiger partial charge on any atom is -0.493 e. The third kappa shape index (κ3) is 3.71. The minimum atomic E-state index is -0.662. The monoisotopic (exact) mass is 419 g/mol. The normalized spacial score (nSPS) is 16.0. The van der Waals surface area contributed by atoms with Gasteiger partial charge in [-0.3, -0.25) is 4.79 Å². The molecule has 1 fully saturated rings. The average molecular weight is 420 g/mol. The Morgan fingerprint density at radius 2 is 1.69 bits per heavy atom. The van der Waals surface area contributed by atoms with E-state index in [4.69, 9.17) is 14.2 Å². The van der Waals surface area contributed by atoms with Crippen LogP contribution in [0.5, 0.6) is 11.5 Å². The Hall–Kier alpha value is -2.05. The topological polar surface area (TPSA) is 56.8 Å². The molecule has 0 bridgehead atoms. The van der Waals surface area contributed by atoms with Crippen LogP contribution in [0.4, 0.5) is 5.69 Å². The summed E-state index contributed by atoms with van der Waals surface area (Å²) in [5.41, 5.74) is 1.02. The Morgan fingerprint density at radius 3 is 2.31 bits per heavy atom. The van der Waals surface area contributed by atoms with Gasteiger partial charge in [0, 0.05) is 23.4 Å². The van der Waals surface area contributed by atoms with Gasteiger partial charge in [-0.25, -0.2) is 0 Å². The predicted molar refractivity (Wildman–Crippen MR) is 104 cm³/mol. The summed E-state index contributed by atoms with van der Waals surface area (Å²) in [7, 11) is 3.20. The second-order valence-electron chi connectivity index (χ2n) is 6.23. The quantitative estimate of drug-likeness (QED) is 0.790. The number of carbonyl (C=O) groups excluding carboxylic acids is 1. The molecule has 1 aliphatic rings. The lowest BCUT2D eigenvalue weighted by Crippen LogP contribution is -2.44. The number of halogens is 1. The first-order valence-electron chi connectivity index (χ1n) is 8.46. The van der Waals surface area contributed by atoms with E-state index < -0.39 is 5.41 Å². The molecule has 0 spiro atoms. The molecule has 0 atom stereocenters. The van der Waals surface area contributed by atoms with Crippen molar-refractivity contribution in [3.8, 4) is 11.5 Å². The van der Waals surface area contributed by atoms with Gasteiger partial charge in [0.05, 0.1) is 19.6 Å². The summed E-state index contributed by atoms with van der Waals surface area (Å²) in [4.78, 5) is 13.3. The average Bonchev–Trinajstić information content (AvgIpc) is 2.69. The first-order chi connectivity index (χ1) is 12.6. The maximum Gasteiger partial charge on any atom is 0.235 e. The molecule has 6 heteroatoms. The molecule has 0 aliphatic carbocycles. The molecule has 0 unspecified atom stereocenters. The number of rotatable bonds is 5. The van der Waals surface area contributed by atoms with Gasteiger partial charge in [-0.15, -0.1) is 0 Å². The lowest BCUT2D eigenvalue weighted by molar-refractivity contribution is -0.125. The fraction of sp³-hybridized carbons (Fsp3) is 0.350. The number of anilines is 1. The van der Waals surface area contributed by atoms with Crippen molar-refractivity contribution in [3.05, 3.63) is 52.5 Å². The molecular weight excluding hydrogens is 398 g/mol. The highest BCUT2D eigenvalue weighted by atomic mass is 79.9. The molecular formula is C20H22BrNO4. The summed E-state index contributed by atoms with van der Waals surface area (Å²) in [6, 6.07) is 13.2. The molecule has 1 amide bonds. The molecule has 5 nitrogen and oxygen atoms in total. The van der Waals surface area contributed by atoms with E-state index in [9.17, 15) is 4.79 Å². The maximum atomic E-state index is 13.3. The van der Waals surface area contributed by atoms with Crippen LogP contribution in [0.2, 0.25) is 0 Å². The summed E-state index contributed by atoms with van der Waals surface area (Å²) >= 11 is 3.41. The van der Waals surface area contributed by atoms with Crippen LogP contribution < -0.4 is 14.8 Å². The van der Waals surface area contributed by atoms with Crippen LogP contribution in [0.15, 0.2) is 46.9 Å². The van der Waals surface area contributed by atoms with E-state index in [1.54, 1.807) is 14.2 Å². The van der Waals surface area contributed by atoms with Gasteiger partial charge in [0.25, 0.3) is 0 Å². The molecule has 26 heavy (non-hydrogen) atoms. The minimum absolute atomic E-state index is 0.0321. The van der Waals surface area contributed by atoms with Crippen molar-refractivity contribution in [2.75, 3.05) is 32.8 Å². The second-order valence-corrected chi connectivity index (χ2v) is 7.14. The summed E-state index contributed by atoms with van der Waals surface area (Å²) in [6.45, 7) is 1.09. The van der Waals surface area contributed by atoms with Gasteiger partial charge in [0.2, 0.25) is 5.91 Å². The molecule has 3 rings (SSSR count). The molecule has 138 valence electrons. The van der Waals surface area contributed by atoms with E-state index in [0.717, 1.165) is 15.7 Å². The van der Waals surface area contributed by atoms with Crippen molar-refractivity contribution < 1.29 is 19.0 Å². The Kier molecular flexibility index (Phi) is 5.84. The van der Waals surface area contributed by atoms with Crippen LogP contribution in [-0.2, 0) is 14.9 Å². The van der Waals surface area contributed by atoms with Crippen molar-refractivity contribution in [2.24, 2.45) is 0 Å². The van der Waals surface area contributed by atoms with Gasteiger partial charge < -0.3 is 19.5 Å². The zero-order chi connectivity index (χ0) is 18.6. The summed E-state index contributed by atoms with van der Waals surface area (Å²) < 4.78 is 17.2. The first-order valence-corrected chi connectivity index (χ1v) is 9.25. The smallest absolute Gasteiger partial charge is 0.235 e. The zero-order valence-electron chi connectivity index (χ0n) is 14.9. The zero-order valence-corrected chi connectivity index (χ0v) is 16.5. The van der Waals surface area contributed by atoms with Crippen LogP contribution in [0.25, 0.3) is 0 Å². The van der Waals surface area contributed by atoms with Gasteiger partial charge in [0.1, 0.15) is 0 Å². The molecule has 1 saturated heterocycles. The van der Waals surface area contributed by atoms with Gasteiger partial charge in [-0.05, 0) is 54.8 Å². The molecule has 1 N–H and O–H groups in total. The lowest BCUT2D eigenvalue weighted by atomic mass is 9.73. The van der Waals surface area contributed by atoms with Gasteiger partial charge >= 0.3 is 0 Å². The molecule has 2 aromatic rings. The maximum absolute atomic E-state index is 13.3. The number of hydrogen-bond donors (Lipinski definition) is 1. The number of carbonyl (C=O) groups is 1. The van der Waals surface area contributed by atoms with Crippen molar-refractivity contribution in [2.45, 2.75) is 18.3 Å². The van der Waals surface area contributed by atoms with Crippen molar-refractivity contribution >= 4 is 27.5 Å². The fourth-order valence-electron chi connectivity index (χ4n) is 3.28. The van der Waals surface area contributed by atoms with Crippen molar-refractivity contribution in [1.82, 2.24) is 0 Å². The molecule has 2 aromatic carbocycles. The molecule has 0 aromatic heterocycles. The molecule has 1 aliphatic heterocycles. The standard InChI is InChI=1S/C20H22BrNO4/c1-24-17-8-3-14(13-18(17)25-2)20(9-11-26-12-10-20)19(23)22-16-6-4-15(21)5-7-16/h3-8,13H,9-12H2,1-2H3,(H,22,23). The number of methoxy groups -OCH3 is 2. The Labute approximate surface area is 161 Å². The third-order valence-electron chi connectivity index (χ3n) is 4.82. The lowest BCUT2D eigenvalue weighted by Gasteiger charge is -2.36. The van der Waals surface area contributed by atoms with E-state index in [1.165, 1.54) is 0 Å². The van der Waals surface area contributed by atoms with Crippen LogP contribution in [0.1, 0.15) is 18.4 Å². The SMILES string of the molecule is COc1ccc(C2(C(=O)Nc3ccc(Br)cc3)CCOCC2)cc1OC. The molecule has 1 heterocycles. The van der Waals surface area contributed by atoms with Crippen molar-refractivity contribution in [1.29, 1.82) is 0 Å². The summed E-state index contributed by atoms with van der Waals surface area (Å²) in [6.07, 6.45) is 1.23. The highest BCUT2D eigenvalue weighted by Crippen LogP contribution is 2.40. The van der Waals surface area contributed by atoms with Crippen LogP contribution in [0.3, 0.4) is 0 Å². The fourth-order valence-corrected chi connectivity index (χ4v) is 3.55. The number of hydrogen-bond acceptors (Lipinski definition) is 4. The number of nitrogens with one attached hydrogen (secondary N) is 1. The number of amides is 1. The highest BCUT2D eigenvalue weighted by molar-refractivity contribution is 9.10.